The van der Waals surface area contributed by atoms with Crippen LogP contribution in [0.2, 0.25) is 0 Å². The maximum absolute atomic E-state index is 7.50. The van der Waals surface area contributed by atoms with Gasteiger partial charge in [-0.1, -0.05) is 42.2 Å². The molecule has 1 unspecified atom stereocenters. The zero-order valence-corrected chi connectivity index (χ0v) is 17.6. The molecular weight excluding hydrogens is 482 g/mol. The van der Waals surface area contributed by atoms with Gasteiger partial charge in [0.05, 0.1) is 6.10 Å². The minimum absolute atomic E-state index is 0. The summed E-state index contributed by atoms with van der Waals surface area (Å²) in [4.78, 5) is 0. The normalized spacial score (nSPS) is 10.5. The van der Waals surface area contributed by atoms with Crippen LogP contribution in [0, 0.1) is 51.7 Å². The van der Waals surface area contributed by atoms with Crippen LogP contribution in [0.1, 0.15) is 24.8 Å². The molecule has 1 aliphatic rings. The first kappa shape index (κ1) is 46.2. The fraction of sp³-hybridized carbons (Fsp3) is 0.238. The molecule has 1 aliphatic carbocycles. The first-order chi connectivity index (χ1) is 13.9. The summed E-state index contributed by atoms with van der Waals surface area (Å²) in [7, 11) is 0. The quantitative estimate of drug-likeness (QED) is 0.264. The molecule has 0 spiro atoms. The number of hydrogen-bond donors (Lipinski definition) is 0. The van der Waals surface area contributed by atoms with Crippen molar-refractivity contribution < 1.29 is 66.2 Å². The van der Waals surface area contributed by atoms with Crippen LogP contribution in [-0.4, -0.2) is 12.7 Å². The predicted molar refractivity (Wildman–Crippen MR) is 89.6 cm³/mol. The van der Waals surface area contributed by atoms with Gasteiger partial charge in [0.25, 0.3) is 0 Å². The third-order valence-electron chi connectivity index (χ3n) is 2.59. The van der Waals surface area contributed by atoms with Crippen LogP contribution in [-0.2, 0) is 66.2 Å². The van der Waals surface area contributed by atoms with Gasteiger partial charge < -0.3 is 4.74 Å². The number of ether oxygens (including phenoxy) is 1. The van der Waals surface area contributed by atoms with Gasteiger partial charge >= 0.3 is 67.8 Å². The van der Waals surface area contributed by atoms with E-state index in [-0.39, 0.29) is 39.7 Å². The average Bonchev–Trinajstić information content (AvgIpc) is 2.86. The first-order valence-electron chi connectivity index (χ1n) is 7.00. The van der Waals surface area contributed by atoms with E-state index in [1.165, 1.54) is 12.8 Å². The van der Waals surface area contributed by atoms with Crippen molar-refractivity contribution in [3.8, 4) is 11.8 Å². The summed E-state index contributed by atoms with van der Waals surface area (Å²) >= 11 is 0. The van der Waals surface area contributed by atoms with Gasteiger partial charge in [-0.15, -0.1) is 0 Å². The van der Waals surface area contributed by atoms with Crippen LogP contribution in [0.15, 0.2) is 42.5 Å². The Hall–Kier alpha value is -2.07. The fourth-order valence-corrected chi connectivity index (χ4v) is 1.73. The molecule has 0 saturated heterocycles. The smallest absolute Gasteiger partial charge is 0 e. The third kappa shape index (κ3) is 36.8. The zero-order valence-electron chi connectivity index (χ0n) is 15.5. The molecule has 7 nitrogen and oxygen atoms in total. The summed E-state index contributed by atoms with van der Waals surface area (Å²) in [6, 6.07) is 10.00. The molecule has 0 fully saturated rings. The Kier molecular flexibility index (Phi) is 86.8. The SMILES string of the molecule is C(#Cc1ccccc1)COC1C=CCCC1.[C-]#[O+].[C-]#[O+].[C-]#[O+].[C-]#[O+].[C-]#[O+].[C-]#[O+].[Co].[Co]. The van der Waals surface area contributed by atoms with Gasteiger partial charge in [-0.25, -0.2) is 0 Å². The Morgan fingerprint density at radius 2 is 1.27 bits per heavy atom. The van der Waals surface area contributed by atoms with E-state index in [1.54, 1.807) is 0 Å². The van der Waals surface area contributed by atoms with E-state index in [9.17, 15) is 0 Å². The van der Waals surface area contributed by atoms with Gasteiger partial charge in [0.15, 0.2) is 0 Å². The van der Waals surface area contributed by atoms with Crippen molar-refractivity contribution in [1.82, 2.24) is 0 Å². The van der Waals surface area contributed by atoms with Crippen LogP contribution in [0.5, 0.6) is 0 Å². The second-order valence-corrected chi connectivity index (χ2v) is 3.88. The van der Waals surface area contributed by atoms with E-state index in [4.69, 9.17) is 32.6 Å². The largest absolute Gasteiger partial charge is 0 e. The second-order valence-electron chi connectivity index (χ2n) is 3.88. The molecule has 0 bridgehead atoms. The standard InChI is InChI=1S/C15H16O.6CO.2Co/c1-3-8-14(9-4-1)10-7-13-16-15-11-5-2-6-12-15;6*1-2;;/h1,3-5,8-9,11,15H,2,6,12-13H2;;;;;;;;. The minimum atomic E-state index is 0. The number of hydrogen-bond acceptors (Lipinski definition) is 1. The molecule has 1 aromatic carbocycles. The molecule has 0 aromatic heterocycles. The fourth-order valence-electron chi connectivity index (χ4n) is 1.73. The van der Waals surface area contributed by atoms with Crippen LogP contribution in [0.25, 0.3) is 0 Å². The summed E-state index contributed by atoms with van der Waals surface area (Å²) in [6.07, 6.45) is 8.16. The van der Waals surface area contributed by atoms with Crippen molar-refractivity contribution in [1.29, 1.82) is 0 Å². The summed E-state index contributed by atoms with van der Waals surface area (Å²) < 4.78 is 50.6. The predicted octanol–water partition coefficient (Wildman–Crippen LogP) is 2.93. The molecule has 0 heterocycles. The second kappa shape index (κ2) is 56.3. The van der Waals surface area contributed by atoms with Crippen LogP contribution >= 0.6 is 0 Å². The van der Waals surface area contributed by atoms with Gasteiger partial charge in [-0.3, -0.25) is 0 Å². The molecule has 30 heavy (non-hydrogen) atoms. The van der Waals surface area contributed by atoms with Crippen molar-refractivity contribution in [2.45, 2.75) is 25.4 Å². The maximum Gasteiger partial charge on any atom is 0 e. The van der Waals surface area contributed by atoms with Crippen molar-refractivity contribution in [3.63, 3.8) is 0 Å². The number of benzene rings is 1. The van der Waals surface area contributed by atoms with Crippen molar-refractivity contribution >= 4 is 0 Å². The third-order valence-corrected chi connectivity index (χ3v) is 2.59. The molecule has 2 radical (unpaired) electrons. The van der Waals surface area contributed by atoms with E-state index < -0.39 is 0 Å². The van der Waals surface area contributed by atoms with E-state index in [0.29, 0.717) is 6.61 Å². The molecule has 1 aromatic rings. The van der Waals surface area contributed by atoms with Crippen LogP contribution in [0.3, 0.4) is 0 Å². The first-order valence-corrected chi connectivity index (χ1v) is 7.00. The molecule has 1 atom stereocenters. The number of allylic oxidation sites excluding steroid dienone is 1. The van der Waals surface area contributed by atoms with E-state index >= 15 is 0 Å². The molecule has 0 saturated carbocycles. The Morgan fingerprint density at radius 1 is 0.800 bits per heavy atom. The Balaban J connectivity index is -0.0000000657. The topological polar surface area (TPSA) is 129 Å². The van der Waals surface area contributed by atoms with E-state index in [0.717, 1.165) is 12.0 Å². The van der Waals surface area contributed by atoms with Gasteiger partial charge in [-0.2, -0.15) is 0 Å². The monoisotopic (exact) mass is 498 g/mol. The van der Waals surface area contributed by atoms with Crippen molar-refractivity contribution in [3.05, 3.63) is 87.9 Å². The van der Waals surface area contributed by atoms with Crippen LogP contribution in [0.4, 0.5) is 0 Å². The Morgan fingerprint density at radius 3 is 1.67 bits per heavy atom. The van der Waals surface area contributed by atoms with E-state index in [2.05, 4.69) is 63.9 Å². The van der Waals surface area contributed by atoms with Gasteiger partial charge in [0.1, 0.15) is 6.61 Å². The average molecular weight is 498 g/mol. The molecule has 160 valence electrons. The van der Waals surface area contributed by atoms with E-state index in [1.807, 2.05) is 30.3 Å². The molecule has 9 heteroatoms. The van der Waals surface area contributed by atoms with Crippen molar-refractivity contribution in [2.75, 3.05) is 6.61 Å². The van der Waals surface area contributed by atoms with Gasteiger partial charge in [0, 0.05) is 39.1 Å². The zero-order chi connectivity index (χ0) is 23.1. The number of rotatable bonds is 2. The summed E-state index contributed by atoms with van der Waals surface area (Å²) in [6.45, 7) is 27.5. The summed E-state index contributed by atoms with van der Waals surface area (Å²) in [5.74, 6) is 6.13. The summed E-state index contributed by atoms with van der Waals surface area (Å²) in [5.41, 5.74) is 1.05. The molecule has 0 aliphatic heterocycles. The summed E-state index contributed by atoms with van der Waals surface area (Å²) in [5, 5.41) is 0. The Labute approximate surface area is 197 Å². The Bertz CT molecular complexity index is 602. The van der Waals surface area contributed by atoms with Gasteiger partial charge in [0.2, 0.25) is 0 Å². The van der Waals surface area contributed by atoms with Crippen LogP contribution < -0.4 is 0 Å². The molecule has 2 rings (SSSR count). The van der Waals surface area contributed by atoms with Crippen molar-refractivity contribution in [2.24, 2.45) is 0 Å². The van der Waals surface area contributed by atoms with Gasteiger partial charge in [-0.05, 0) is 31.4 Å². The molecular formula is C21H16Co2O7. The minimum Gasteiger partial charge on any atom is 0 e. The maximum atomic E-state index is 7.50. The molecule has 0 N–H and O–H groups in total. The molecule has 0 amide bonds.